The summed E-state index contributed by atoms with van der Waals surface area (Å²) >= 11 is 0. The number of hydrogen-bond donors (Lipinski definition) is 1. The van der Waals surface area contributed by atoms with Gasteiger partial charge in [-0.25, -0.2) is 13.2 Å². The number of rotatable bonds is 5. The Bertz CT molecular complexity index is 771. The highest BCUT2D eigenvalue weighted by Crippen LogP contribution is 2.29. The van der Waals surface area contributed by atoms with Crippen molar-refractivity contribution in [1.82, 2.24) is 19.7 Å². The van der Waals surface area contributed by atoms with Crippen LogP contribution in [0.5, 0.6) is 0 Å². The molecule has 1 aromatic rings. The highest BCUT2D eigenvalue weighted by atomic mass is 19.4. The van der Waals surface area contributed by atoms with Crippen molar-refractivity contribution in [3.8, 4) is 0 Å². The van der Waals surface area contributed by atoms with Crippen LogP contribution in [-0.4, -0.2) is 38.2 Å². The van der Waals surface area contributed by atoms with Crippen molar-refractivity contribution >= 4 is 5.91 Å². The van der Waals surface area contributed by atoms with Gasteiger partial charge < -0.3 is 15.2 Å². The first-order valence-electron chi connectivity index (χ1n) is 9.09. The van der Waals surface area contributed by atoms with E-state index in [0.717, 1.165) is 18.4 Å². The molecule has 0 radical (unpaired) electrons. The number of carbonyl (C=O) groups is 1. The molecule has 0 saturated heterocycles. The van der Waals surface area contributed by atoms with Crippen LogP contribution < -0.4 is 5.73 Å². The number of aromatic nitrogens is 3. The van der Waals surface area contributed by atoms with Gasteiger partial charge in [0.2, 0.25) is 11.7 Å². The first-order chi connectivity index (χ1) is 13.7. The molecule has 170 valence electrons. The van der Waals surface area contributed by atoms with E-state index in [0.29, 0.717) is 0 Å². The topological polar surface area (TPSA) is 77.0 Å². The summed E-state index contributed by atoms with van der Waals surface area (Å²) in [6.07, 6.45) is -4.33. The molecule has 0 aromatic carbocycles. The van der Waals surface area contributed by atoms with Crippen molar-refractivity contribution in [1.29, 1.82) is 0 Å². The highest BCUT2D eigenvalue weighted by Gasteiger charge is 2.39. The number of nitrogens with zero attached hydrogens (tertiary/aromatic N) is 4. The minimum Gasteiger partial charge on any atom is -0.333 e. The zero-order valence-corrected chi connectivity index (χ0v) is 16.9. The maximum Gasteiger partial charge on any atom is 0.451 e. The van der Waals surface area contributed by atoms with Gasteiger partial charge in [-0.05, 0) is 20.3 Å². The predicted octanol–water partition coefficient (Wildman–Crippen LogP) is 4.04. The molecular formula is C18H25F6N5O. The van der Waals surface area contributed by atoms with Crippen LogP contribution in [0.3, 0.4) is 0 Å². The van der Waals surface area contributed by atoms with E-state index in [1.807, 2.05) is 0 Å². The normalized spacial score (nSPS) is 16.7. The predicted molar refractivity (Wildman–Crippen MR) is 97.7 cm³/mol. The molecule has 6 nitrogen and oxygen atoms in total. The van der Waals surface area contributed by atoms with Crippen LogP contribution >= 0.6 is 0 Å². The Morgan fingerprint density at radius 1 is 1.17 bits per heavy atom. The number of carbonyl (C=O) groups excluding carboxylic acids is 1. The summed E-state index contributed by atoms with van der Waals surface area (Å²) in [7, 11) is 0. The highest BCUT2D eigenvalue weighted by molar-refractivity contribution is 5.76. The largest absolute Gasteiger partial charge is 0.451 e. The maximum atomic E-state index is 13.0. The van der Waals surface area contributed by atoms with E-state index in [1.165, 1.54) is 4.90 Å². The molecule has 1 aliphatic heterocycles. The molecule has 1 amide bonds. The summed E-state index contributed by atoms with van der Waals surface area (Å²) in [5, 5.41) is 6.67. The van der Waals surface area contributed by atoms with Gasteiger partial charge in [-0.2, -0.15) is 13.2 Å². The zero-order chi connectivity index (χ0) is 23.2. The van der Waals surface area contributed by atoms with E-state index < -0.39 is 41.4 Å². The molecule has 1 aromatic heterocycles. The van der Waals surface area contributed by atoms with Crippen molar-refractivity contribution < 1.29 is 31.1 Å². The van der Waals surface area contributed by atoms with Crippen LogP contribution in [-0.2, 0) is 24.1 Å². The van der Waals surface area contributed by atoms with Crippen molar-refractivity contribution in [2.45, 2.75) is 58.9 Å². The van der Waals surface area contributed by atoms with Crippen LogP contribution in [0.1, 0.15) is 45.3 Å². The van der Waals surface area contributed by atoms with E-state index >= 15 is 0 Å². The summed E-state index contributed by atoms with van der Waals surface area (Å²) < 4.78 is 74.9. The first-order valence-corrected chi connectivity index (χ1v) is 9.09. The molecule has 1 aliphatic rings. The second-order valence-electron chi connectivity index (χ2n) is 7.02. The van der Waals surface area contributed by atoms with Crippen LogP contribution in [0.25, 0.3) is 0 Å². The van der Waals surface area contributed by atoms with Gasteiger partial charge in [0, 0.05) is 31.5 Å². The molecule has 0 fully saturated rings. The molecule has 30 heavy (non-hydrogen) atoms. The SMILES string of the molecule is C/C(F)=C(\C)F.C=C(F)C(C)CC(N)CC(=O)N1CCn2c(nnc2C(F)(F)F)C1. The Hall–Kier alpha value is -2.37. The van der Waals surface area contributed by atoms with Crippen LogP contribution in [0.4, 0.5) is 26.3 Å². The van der Waals surface area contributed by atoms with Crippen molar-refractivity contribution in [3.63, 3.8) is 0 Å². The monoisotopic (exact) mass is 441 g/mol. The van der Waals surface area contributed by atoms with Gasteiger partial charge in [0.05, 0.1) is 12.4 Å². The van der Waals surface area contributed by atoms with Gasteiger partial charge in [-0.3, -0.25) is 4.79 Å². The number of nitrogens with two attached hydrogens (primary N) is 1. The average molecular weight is 441 g/mol. The molecule has 2 rings (SSSR count). The van der Waals surface area contributed by atoms with E-state index in [1.54, 1.807) is 6.92 Å². The van der Waals surface area contributed by atoms with Gasteiger partial charge >= 0.3 is 6.18 Å². The smallest absolute Gasteiger partial charge is 0.333 e. The second kappa shape index (κ2) is 10.6. The van der Waals surface area contributed by atoms with Gasteiger partial charge in [-0.1, -0.05) is 13.5 Å². The summed E-state index contributed by atoms with van der Waals surface area (Å²) in [6.45, 7) is 7.00. The third kappa shape index (κ3) is 7.47. The molecule has 0 saturated carbocycles. The second-order valence-corrected chi connectivity index (χ2v) is 7.02. The van der Waals surface area contributed by atoms with E-state index in [4.69, 9.17) is 5.73 Å². The first kappa shape index (κ1) is 25.7. The molecule has 2 atom stereocenters. The number of alkyl halides is 3. The summed E-state index contributed by atoms with van der Waals surface area (Å²) in [5.74, 6) is -3.71. The summed E-state index contributed by atoms with van der Waals surface area (Å²) in [5.41, 5.74) is 5.84. The third-order valence-electron chi connectivity index (χ3n) is 4.46. The lowest BCUT2D eigenvalue weighted by molar-refractivity contribution is -0.148. The molecule has 12 heteroatoms. The molecule has 0 aliphatic carbocycles. The fourth-order valence-corrected chi connectivity index (χ4v) is 2.60. The number of allylic oxidation sites excluding steroid dienone is 3. The standard InChI is InChI=1S/C14H19F4N5O.C4H6F2/c1-8(9(2)15)5-10(19)6-12(24)22-3-4-23-11(7-22)20-21-13(23)14(16,17)18;1-3(5)4(2)6/h8,10H,2-7,19H2,1H3;1-2H3/b;4-3-. The van der Waals surface area contributed by atoms with Gasteiger partial charge in [0.15, 0.2) is 5.82 Å². The third-order valence-corrected chi connectivity index (χ3v) is 4.46. The molecule has 0 spiro atoms. The Morgan fingerprint density at radius 2 is 1.73 bits per heavy atom. The zero-order valence-electron chi connectivity index (χ0n) is 16.9. The van der Waals surface area contributed by atoms with E-state index in [2.05, 4.69) is 16.8 Å². The summed E-state index contributed by atoms with van der Waals surface area (Å²) in [4.78, 5) is 13.6. The molecule has 2 N–H and O–H groups in total. The average Bonchev–Trinajstić information content (AvgIpc) is 3.05. The lowest BCUT2D eigenvalue weighted by atomic mass is 9.99. The van der Waals surface area contributed by atoms with Crippen molar-refractivity contribution in [2.24, 2.45) is 11.7 Å². The lowest BCUT2D eigenvalue weighted by Crippen LogP contribution is -2.41. The van der Waals surface area contributed by atoms with E-state index in [-0.39, 0.29) is 44.2 Å². The Labute approximate surface area is 170 Å². The van der Waals surface area contributed by atoms with Crippen LogP contribution in [0.2, 0.25) is 0 Å². The minimum atomic E-state index is -4.58. The minimum absolute atomic E-state index is 0.0160. The Balaban J connectivity index is 0.000000656. The summed E-state index contributed by atoms with van der Waals surface area (Å²) in [6, 6.07) is -0.550. The molecule has 0 bridgehead atoms. The fourth-order valence-electron chi connectivity index (χ4n) is 2.60. The Kier molecular flexibility index (Phi) is 9.07. The van der Waals surface area contributed by atoms with Gasteiger partial charge in [0.25, 0.3) is 0 Å². The molecule has 2 heterocycles. The van der Waals surface area contributed by atoms with E-state index in [9.17, 15) is 31.1 Å². The molecule has 2 unspecified atom stereocenters. The lowest BCUT2D eigenvalue weighted by Gasteiger charge is -2.29. The van der Waals surface area contributed by atoms with Crippen molar-refractivity contribution in [2.75, 3.05) is 6.54 Å². The van der Waals surface area contributed by atoms with Crippen LogP contribution in [0, 0.1) is 5.92 Å². The number of fused-ring (bicyclic) bond motifs is 1. The number of hydrogen-bond acceptors (Lipinski definition) is 4. The fraction of sp³-hybridized carbons (Fsp3) is 0.611. The Morgan fingerprint density at radius 3 is 2.20 bits per heavy atom. The number of halogens is 6. The maximum absolute atomic E-state index is 13.0. The van der Waals surface area contributed by atoms with Gasteiger partial charge in [0.1, 0.15) is 11.7 Å². The van der Waals surface area contributed by atoms with Crippen LogP contribution in [0.15, 0.2) is 24.1 Å². The van der Waals surface area contributed by atoms with Crippen molar-refractivity contribution in [3.05, 3.63) is 35.7 Å². The quantitative estimate of drug-likeness (QED) is 0.700. The van der Waals surface area contributed by atoms with Gasteiger partial charge in [-0.15, -0.1) is 10.2 Å². The molecular weight excluding hydrogens is 416 g/mol. The number of amides is 1.